The van der Waals surface area contributed by atoms with Crippen molar-refractivity contribution in [2.24, 2.45) is 0 Å². The Bertz CT molecular complexity index is 206. The molecule has 1 heteroatoms. The van der Waals surface area contributed by atoms with E-state index in [0.29, 0.717) is 12.8 Å². The van der Waals surface area contributed by atoms with Gasteiger partial charge in [0, 0.05) is 12.8 Å². The summed E-state index contributed by atoms with van der Waals surface area (Å²) in [5.74, 6) is 2.77. The van der Waals surface area contributed by atoms with Crippen LogP contribution in [-0.4, -0.2) is 5.78 Å². The molecule has 0 aromatic rings. The summed E-state index contributed by atoms with van der Waals surface area (Å²) in [6.07, 6.45) is 9.90. The van der Waals surface area contributed by atoms with E-state index < -0.39 is 0 Å². The first-order valence-electron chi connectivity index (χ1n) is 4.38. The van der Waals surface area contributed by atoms with Crippen LogP contribution in [0.4, 0.5) is 0 Å². The summed E-state index contributed by atoms with van der Waals surface area (Å²) in [4.78, 5) is 11.3. The van der Waals surface area contributed by atoms with Crippen molar-refractivity contribution >= 4 is 5.78 Å². The van der Waals surface area contributed by atoms with Gasteiger partial charge in [-0.05, 0) is 25.3 Å². The minimum atomic E-state index is 0.246. The molecule has 0 fully saturated rings. The van der Waals surface area contributed by atoms with E-state index >= 15 is 0 Å². The lowest BCUT2D eigenvalue weighted by Crippen LogP contribution is -2.00. The van der Waals surface area contributed by atoms with Gasteiger partial charge in [-0.25, -0.2) is 0 Å². The molecule has 0 aliphatic carbocycles. The van der Waals surface area contributed by atoms with E-state index in [2.05, 4.69) is 5.92 Å². The Morgan fingerprint density at radius 3 is 2.67 bits per heavy atom. The van der Waals surface area contributed by atoms with Crippen LogP contribution in [0.15, 0.2) is 11.6 Å². The van der Waals surface area contributed by atoms with Crippen molar-refractivity contribution in [3.8, 4) is 12.3 Å². The van der Waals surface area contributed by atoms with Gasteiger partial charge >= 0.3 is 0 Å². The Morgan fingerprint density at radius 2 is 2.25 bits per heavy atom. The summed E-state index contributed by atoms with van der Waals surface area (Å²) in [6.45, 7) is 3.90. The highest BCUT2D eigenvalue weighted by atomic mass is 16.1. The Labute approximate surface area is 74.9 Å². The molecule has 0 aliphatic heterocycles. The molecule has 66 valence electrons. The minimum absolute atomic E-state index is 0.246. The fourth-order valence-corrected chi connectivity index (χ4v) is 1.07. The van der Waals surface area contributed by atoms with Gasteiger partial charge in [0.25, 0.3) is 0 Å². The molecule has 0 heterocycles. The predicted molar refractivity (Wildman–Crippen MR) is 51.7 cm³/mol. The van der Waals surface area contributed by atoms with Crippen LogP contribution in [0.25, 0.3) is 0 Å². The van der Waals surface area contributed by atoms with Crippen LogP contribution in [-0.2, 0) is 4.79 Å². The van der Waals surface area contributed by atoms with Crippen LogP contribution in [0, 0.1) is 12.3 Å². The molecule has 1 nitrogen and oxygen atoms in total. The monoisotopic (exact) mass is 164 g/mol. The third-order valence-electron chi connectivity index (χ3n) is 1.81. The van der Waals surface area contributed by atoms with Crippen molar-refractivity contribution in [1.29, 1.82) is 0 Å². The van der Waals surface area contributed by atoms with E-state index in [1.807, 2.05) is 19.9 Å². The highest BCUT2D eigenvalue weighted by molar-refractivity contribution is 5.95. The number of terminal acetylenes is 1. The molecule has 0 aromatic carbocycles. The van der Waals surface area contributed by atoms with Gasteiger partial charge in [0.05, 0.1) is 0 Å². The maximum atomic E-state index is 11.3. The van der Waals surface area contributed by atoms with Gasteiger partial charge in [-0.1, -0.05) is 13.0 Å². The summed E-state index contributed by atoms with van der Waals surface area (Å²) in [7, 11) is 0. The predicted octanol–water partition coefficient (Wildman–Crippen LogP) is 2.72. The third-order valence-corrected chi connectivity index (χ3v) is 1.81. The summed E-state index contributed by atoms with van der Waals surface area (Å²) in [5.41, 5.74) is 0.923. The number of ketones is 1. The number of hydrogen-bond donors (Lipinski definition) is 0. The lowest BCUT2D eigenvalue weighted by Gasteiger charge is -2.00. The fraction of sp³-hybridized carbons (Fsp3) is 0.545. The highest BCUT2D eigenvalue weighted by Crippen LogP contribution is 2.07. The van der Waals surface area contributed by atoms with Gasteiger partial charge in [-0.2, -0.15) is 0 Å². The van der Waals surface area contributed by atoms with E-state index in [4.69, 9.17) is 6.42 Å². The molecule has 0 aliphatic rings. The first kappa shape index (κ1) is 11.0. The number of carbonyl (C=O) groups is 1. The standard InChI is InChI=1S/C11H16O/c1-4-7-8-9-11(12)10(5-2)6-3/h1,5H,6-9H2,2-3H3. The highest BCUT2D eigenvalue weighted by Gasteiger charge is 2.04. The Hall–Kier alpha value is -1.03. The summed E-state index contributed by atoms with van der Waals surface area (Å²) in [6, 6.07) is 0. The molecule has 12 heavy (non-hydrogen) atoms. The van der Waals surface area contributed by atoms with Crippen molar-refractivity contribution in [1.82, 2.24) is 0 Å². The van der Waals surface area contributed by atoms with Crippen molar-refractivity contribution in [3.63, 3.8) is 0 Å². The lowest BCUT2D eigenvalue weighted by molar-refractivity contribution is -0.115. The molecule has 0 N–H and O–H groups in total. The van der Waals surface area contributed by atoms with E-state index in [9.17, 15) is 4.79 Å². The van der Waals surface area contributed by atoms with Gasteiger partial charge in [0.2, 0.25) is 0 Å². The number of unbranched alkanes of at least 4 members (excludes halogenated alkanes) is 1. The molecule has 0 bridgehead atoms. The van der Waals surface area contributed by atoms with Crippen LogP contribution in [0.1, 0.15) is 39.5 Å². The topological polar surface area (TPSA) is 17.1 Å². The van der Waals surface area contributed by atoms with E-state index in [0.717, 1.165) is 18.4 Å². The van der Waals surface area contributed by atoms with Gasteiger partial charge in [-0.15, -0.1) is 12.3 Å². The van der Waals surface area contributed by atoms with Crippen molar-refractivity contribution in [3.05, 3.63) is 11.6 Å². The smallest absolute Gasteiger partial charge is 0.158 e. The normalized spacial score (nSPS) is 10.9. The number of carbonyl (C=O) groups excluding carboxylic acids is 1. The maximum Gasteiger partial charge on any atom is 0.158 e. The zero-order chi connectivity index (χ0) is 9.40. The Kier molecular flexibility index (Phi) is 6.09. The van der Waals surface area contributed by atoms with Gasteiger partial charge in [0.1, 0.15) is 0 Å². The maximum absolute atomic E-state index is 11.3. The first-order valence-corrected chi connectivity index (χ1v) is 4.38. The number of allylic oxidation sites excluding steroid dienone is 2. The minimum Gasteiger partial charge on any atom is -0.295 e. The molecular weight excluding hydrogens is 148 g/mol. The SMILES string of the molecule is C#CCCCC(=O)C(=CC)CC. The first-order chi connectivity index (χ1) is 5.76. The van der Waals surface area contributed by atoms with E-state index in [1.165, 1.54) is 0 Å². The summed E-state index contributed by atoms with van der Waals surface area (Å²) >= 11 is 0. The molecular formula is C11H16O. The van der Waals surface area contributed by atoms with Crippen LogP contribution in [0.2, 0.25) is 0 Å². The number of Topliss-reactive ketones (excluding diaryl/α,β-unsaturated/α-hetero) is 1. The van der Waals surface area contributed by atoms with Crippen molar-refractivity contribution < 1.29 is 4.79 Å². The number of hydrogen-bond acceptors (Lipinski definition) is 1. The average Bonchev–Trinajstić information content (AvgIpc) is 2.07. The van der Waals surface area contributed by atoms with Crippen molar-refractivity contribution in [2.75, 3.05) is 0 Å². The average molecular weight is 164 g/mol. The second-order valence-electron chi connectivity index (χ2n) is 2.65. The Balaban J connectivity index is 3.80. The second-order valence-corrected chi connectivity index (χ2v) is 2.65. The van der Waals surface area contributed by atoms with Crippen LogP contribution >= 0.6 is 0 Å². The van der Waals surface area contributed by atoms with Crippen molar-refractivity contribution in [2.45, 2.75) is 39.5 Å². The molecule has 0 rings (SSSR count). The molecule has 0 aromatic heterocycles. The fourth-order valence-electron chi connectivity index (χ4n) is 1.07. The van der Waals surface area contributed by atoms with Gasteiger partial charge < -0.3 is 0 Å². The molecule has 0 radical (unpaired) electrons. The van der Waals surface area contributed by atoms with Crippen LogP contribution in [0.3, 0.4) is 0 Å². The molecule has 0 unspecified atom stereocenters. The zero-order valence-electron chi connectivity index (χ0n) is 7.89. The molecule has 0 saturated carbocycles. The van der Waals surface area contributed by atoms with Gasteiger partial charge in [0.15, 0.2) is 5.78 Å². The van der Waals surface area contributed by atoms with Crippen LogP contribution in [0.5, 0.6) is 0 Å². The number of rotatable bonds is 5. The van der Waals surface area contributed by atoms with E-state index in [1.54, 1.807) is 0 Å². The second kappa shape index (κ2) is 6.67. The molecule has 0 amide bonds. The molecule has 0 spiro atoms. The summed E-state index contributed by atoms with van der Waals surface area (Å²) in [5, 5.41) is 0. The zero-order valence-corrected chi connectivity index (χ0v) is 7.89. The molecule has 0 atom stereocenters. The molecule has 0 saturated heterocycles. The Morgan fingerprint density at radius 1 is 1.58 bits per heavy atom. The quantitative estimate of drug-likeness (QED) is 0.347. The van der Waals surface area contributed by atoms with E-state index in [-0.39, 0.29) is 5.78 Å². The summed E-state index contributed by atoms with van der Waals surface area (Å²) < 4.78 is 0. The third kappa shape index (κ3) is 3.98. The lowest BCUT2D eigenvalue weighted by atomic mass is 10.0. The van der Waals surface area contributed by atoms with Gasteiger partial charge in [-0.3, -0.25) is 4.79 Å². The largest absolute Gasteiger partial charge is 0.295 e. The van der Waals surface area contributed by atoms with Crippen LogP contribution < -0.4 is 0 Å².